The molecule has 0 aromatic carbocycles. The van der Waals surface area contributed by atoms with Crippen LogP contribution < -0.4 is 5.43 Å². The van der Waals surface area contributed by atoms with Crippen LogP contribution in [0.4, 0.5) is 0 Å². The van der Waals surface area contributed by atoms with Crippen molar-refractivity contribution in [1.29, 1.82) is 0 Å². The number of hydrogen-bond donors (Lipinski definition) is 3. The van der Waals surface area contributed by atoms with Crippen LogP contribution in [0.1, 0.15) is 0 Å². The fraction of sp³-hybridized carbons (Fsp3) is 0. The van der Waals surface area contributed by atoms with Gasteiger partial charge in [-0.1, -0.05) is 12.1 Å². The lowest BCUT2D eigenvalue weighted by molar-refractivity contribution is 0.275. The van der Waals surface area contributed by atoms with Crippen LogP contribution in [-0.2, 0) is 4.57 Å². The first-order chi connectivity index (χ1) is 7.88. The van der Waals surface area contributed by atoms with E-state index in [1.165, 1.54) is 0 Å². The van der Waals surface area contributed by atoms with Crippen LogP contribution in [0.15, 0.2) is 47.5 Å². The van der Waals surface area contributed by atoms with E-state index in [1.54, 1.807) is 36.7 Å². The molecule has 7 heteroatoms. The normalized spacial score (nSPS) is 10.5. The molecule has 1 aliphatic carbocycles. The average Bonchev–Trinajstić information content (AvgIpc) is 2.41. The van der Waals surface area contributed by atoms with E-state index in [2.05, 4.69) is 4.98 Å². The highest BCUT2D eigenvalue weighted by atomic mass is 31.2. The summed E-state index contributed by atoms with van der Waals surface area (Å²) < 4.78 is 8.88. The zero-order valence-electron chi connectivity index (χ0n) is 8.59. The van der Waals surface area contributed by atoms with Gasteiger partial charge in [0.15, 0.2) is 5.43 Å². The number of phosphoric acid groups is 1. The second kappa shape index (κ2) is 5.65. The van der Waals surface area contributed by atoms with E-state index in [9.17, 15) is 4.79 Å². The van der Waals surface area contributed by atoms with Crippen molar-refractivity contribution in [3.05, 3.63) is 52.9 Å². The van der Waals surface area contributed by atoms with Crippen molar-refractivity contribution in [3.63, 3.8) is 0 Å². The number of benzene rings is 1. The Hall–Kier alpha value is -1.59. The van der Waals surface area contributed by atoms with Gasteiger partial charge in [-0.15, -0.1) is 0 Å². The highest BCUT2D eigenvalue weighted by Gasteiger charge is 2.00. The number of aromatic nitrogens is 1. The summed E-state index contributed by atoms with van der Waals surface area (Å²) in [6, 6.07) is 8.73. The number of nitrogens with zero attached hydrogens (tertiary/aromatic N) is 1. The predicted octanol–water partition coefficient (Wildman–Crippen LogP) is 0.618. The molecule has 3 N–H and O–H groups in total. The fourth-order valence-electron chi connectivity index (χ4n) is 1.16. The summed E-state index contributed by atoms with van der Waals surface area (Å²) in [7, 11) is -4.64. The molecule has 0 unspecified atom stereocenters. The minimum atomic E-state index is -4.64. The molecule has 2 aliphatic rings. The Morgan fingerprint density at radius 3 is 2.35 bits per heavy atom. The van der Waals surface area contributed by atoms with E-state index in [-0.39, 0.29) is 5.43 Å². The van der Waals surface area contributed by atoms with Gasteiger partial charge in [0.25, 0.3) is 0 Å². The van der Waals surface area contributed by atoms with Gasteiger partial charge in [0.05, 0.1) is 0 Å². The molecular formula is C10H10NO5P. The van der Waals surface area contributed by atoms with Crippen molar-refractivity contribution >= 4 is 7.82 Å². The topological polar surface area (TPSA) is 108 Å². The Labute approximate surface area is 96.8 Å². The second-order valence-corrected chi connectivity index (χ2v) is 4.09. The van der Waals surface area contributed by atoms with Gasteiger partial charge >= 0.3 is 7.82 Å². The molecule has 17 heavy (non-hydrogen) atoms. The van der Waals surface area contributed by atoms with Crippen LogP contribution in [0.5, 0.6) is 0 Å². The minimum Gasteiger partial charge on any atom is -0.303 e. The van der Waals surface area contributed by atoms with Gasteiger partial charge in [-0.05, 0) is 18.2 Å². The summed E-state index contributed by atoms with van der Waals surface area (Å²) in [5.41, 5.74) is 1.65. The molecule has 0 saturated heterocycles. The van der Waals surface area contributed by atoms with Gasteiger partial charge in [-0.2, -0.15) is 0 Å². The summed E-state index contributed by atoms with van der Waals surface area (Å²) in [6.45, 7) is 0. The molecule has 0 amide bonds. The van der Waals surface area contributed by atoms with Crippen molar-refractivity contribution < 1.29 is 19.2 Å². The van der Waals surface area contributed by atoms with Crippen molar-refractivity contribution in [1.82, 2.24) is 4.98 Å². The Morgan fingerprint density at radius 1 is 1.06 bits per heavy atom. The molecule has 1 aliphatic heterocycles. The van der Waals surface area contributed by atoms with Crippen LogP contribution in [0, 0.1) is 0 Å². The molecule has 0 aromatic rings. The number of fused-ring (bicyclic) bond motifs is 1. The molecule has 0 fully saturated rings. The summed E-state index contributed by atoms with van der Waals surface area (Å²) in [4.78, 5) is 36.8. The molecule has 2 rings (SSSR count). The Bertz CT molecular complexity index is 559. The molecule has 0 atom stereocenters. The Balaban J connectivity index is 0.000000249. The largest absolute Gasteiger partial charge is 0.466 e. The summed E-state index contributed by atoms with van der Waals surface area (Å²) in [6.07, 6.45) is 3.36. The van der Waals surface area contributed by atoms with E-state index in [4.69, 9.17) is 19.2 Å². The standard InChI is InChI=1S/C10H7NO.H3O4P/c12-10-5-1-3-8-7-11-6-2-4-9(8)10;1-5(2,3)4/h1-7H;(H3,1,2,3,4). The van der Waals surface area contributed by atoms with Crippen LogP contribution in [0.2, 0.25) is 0 Å². The van der Waals surface area contributed by atoms with Crippen LogP contribution in [-0.4, -0.2) is 19.7 Å². The maximum absolute atomic E-state index is 11.3. The molecule has 0 radical (unpaired) electrons. The Morgan fingerprint density at radius 2 is 1.71 bits per heavy atom. The van der Waals surface area contributed by atoms with Crippen LogP contribution in [0.25, 0.3) is 11.1 Å². The number of rotatable bonds is 0. The Kier molecular flexibility index (Phi) is 4.48. The zero-order valence-corrected chi connectivity index (χ0v) is 9.49. The lowest BCUT2D eigenvalue weighted by Crippen LogP contribution is -2.00. The molecule has 0 aromatic heterocycles. The SMILES string of the molecule is O=P(O)(O)O.O=c1cccc2cncccc1-2. The van der Waals surface area contributed by atoms with Crippen molar-refractivity contribution in [2.45, 2.75) is 0 Å². The molecule has 0 saturated carbocycles. The highest BCUT2D eigenvalue weighted by Crippen LogP contribution is 2.25. The minimum absolute atomic E-state index is 0.0468. The molecule has 0 spiro atoms. The first-order valence-corrected chi connectivity index (χ1v) is 6.06. The van der Waals surface area contributed by atoms with Gasteiger partial charge in [0.1, 0.15) is 0 Å². The lowest BCUT2D eigenvalue weighted by atomic mass is 10.1. The molecular weight excluding hydrogens is 245 g/mol. The molecule has 90 valence electrons. The van der Waals surface area contributed by atoms with Gasteiger partial charge in [-0.25, -0.2) is 4.57 Å². The average molecular weight is 255 g/mol. The number of hydrogen-bond acceptors (Lipinski definition) is 3. The third kappa shape index (κ3) is 5.33. The first-order valence-electron chi connectivity index (χ1n) is 4.49. The fourth-order valence-corrected chi connectivity index (χ4v) is 1.16. The quantitative estimate of drug-likeness (QED) is 0.595. The van der Waals surface area contributed by atoms with Crippen molar-refractivity contribution in [2.24, 2.45) is 0 Å². The van der Waals surface area contributed by atoms with Gasteiger partial charge in [0, 0.05) is 23.5 Å². The van der Waals surface area contributed by atoms with Crippen LogP contribution >= 0.6 is 7.82 Å². The summed E-state index contributed by atoms with van der Waals surface area (Å²) in [5, 5.41) is 0. The summed E-state index contributed by atoms with van der Waals surface area (Å²) in [5.74, 6) is 0. The maximum atomic E-state index is 11.3. The highest BCUT2D eigenvalue weighted by molar-refractivity contribution is 7.45. The van der Waals surface area contributed by atoms with E-state index >= 15 is 0 Å². The van der Waals surface area contributed by atoms with E-state index < -0.39 is 7.82 Å². The lowest BCUT2D eigenvalue weighted by Gasteiger charge is -1.94. The van der Waals surface area contributed by atoms with Gasteiger partial charge in [-0.3, -0.25) is 9.78 Å². The smallest absolute Gasteiger partial charge is 0.303 e. The third-order valence-corrected chi connectivity index (χ3v) is 1.75. The van der Waals surface area contributed by atoms with Gasteiger partial charge < -0.3 is 14.7 Å². The molecule has 1 heterocycles. The third-order valence-electron chi connectivity index (χ3n) is 1.75. The first kappa shape index (κ1) is 13.5. The van der Waals surface area contributed by atoms with Crippen LogP contribution in [0.3, 0.4) is 0 Å². The van der Waals surface area contributed by atoms with Gasteiger partial charge in [0.2, 0.25) is 0 Å². The zero-order chi connectivity index (χ0) is 12.9. The van der Waals surface area contributed by atoms with Crippen molar-refractivity contribution in [3.8, 4) is 11.1 Å². The van der Waals surface area contributed by atoms with E-state index in [0.29, 0.717) is 0 Å². The predicted molar refractivity (Wildman–Crippen MR) is 61.4 cm³/mol. The maximum Gasteiger partial charge on any atom is 0.466 e. The second-order valence-electron chi connectivity index (χ2n) is 3.06. The van der Waals surface area contributed by atoms with E-state index in [0.717, 1.165) is 11.1 Å². The molecule has 0 bridgehead atoms. The van der Waals surface area contributed by atoms with Crippen molar-refractivity contribution in [2.75, 3.05) is 0 Å². The van der Waals surface area contributed by atoms with E-state index in [1.807, 2.05) is 6.07 Å². The summed E-state index contributed by atoms with van der Waals surface area (Å²) >= 11 is 0. The molecule has 6 nitrogen and oxygen atoms in total. The monoisotopic (exact) mass is 255 g/mol.